The highest BCUT2D eigenvalue weighted by atomic mass is 35.5. The summed E-state index contributed by atoms with van der Waals surface area (Å²) >= 11 is 6.41. The van der Waals surface area contributed by atoms with Crippen LogP contribution in [0.2, 0.25) is 5.02 Å². The maximum Gasteiger partial charge on any atom is 0.258 e. The molecule has 1 aromatic carbocycles. The highest BCUT2D eigenvalue weighted by Gasteiger charge is 2.19. The number of ether oxygens (including phenoxy) is 1. The lowest BCUT2D eigenvalue weighted by atomic mass is 10.1. The number of benzene rings is 1. The molecular weight excluding hydrogens is 460 g/mol. The number of pyridine rings is 1. The van der Waals surface area contributed by atoms with Crippen LogP contribution in [0, 0.1) is 19.8 Å². The van der Waals surface area contributed by atoms with Gasteiger partial charge in [-0.1, -0.05) is 30.6 Å². The summed E-state index contributed by atoms with van der Waals surface area (Å²) in [5.74, 6) is 0.687. The number of rotatable bonds is 10. The van der Waals surface area contributed by atoms with Gasteiger partial charge in [-0.15, -0.1) is 0 Å². The largest absolute Gasteiger partial charge is 0.489 e. The van der Waals surface area contributed by atoms with Crippen molar-refractivity contribution < 1.29 is 24.3 Å². The first-order valence-corrected chi connectivity index (χ1v) is 11.3. The van der Waals surface area contributed by atoms with Crippen LogP contribution >= 0.6 is 11.6 Å². The lowest BCUT2D eigenvalue weighted by Crippen LogP contribution is -2.33. The number of halogens is 1. The zero-order valence-corrected chi connectivity index (χ0v) is 20.3. The van der Waals surface area contributed by atoms with E-state index in [4.69, 9.17) is 26.6 Å². The molecule has 10 heteroatoms. The van der Waals surface area contributed by atoms with Gasteiger partial charge in [-0.2, -0.15) is 4.98 Å². The second kappa shape index (κ2) is 10.9. The molecule has 34 heavy (non-hydrogen) atoms. The van der Waals surface area contributed by atoms with E-state index in [-0.39, 0.29) is 13.0 Å². The molecule has 2 atom stereocenters. The van der Waals surface area contributed by atoms with E-state index in [1.54, 1.807) is 19.1 Å². The molecule has 4 N–H and O–H groups in total. The summed E-state index contributed by atoms with van der Waals surface area (Å²) < 4.78 is 11.1. The third kappa shape index (κ3) is 6.53. The minimum absolute atomic E-state index is 0.170. The van der Waals surface area contributed by atoms with Crippen molar-refractivity contribution in [3.8, 4) is 28.6 Å². The van der Waals surface area contributed by atoms with Gasteiger partial charge in [0.1, 0.15) is 18.5 Å². The van der Waals surface area contributed by atoms with Crippen LogP contribution in [0.4, 0.5) is 0 Å². The summed E-state index contributed by atoms with van der Waals surface area (Å²) in [7, 11) is 0. The molecule has 9 nitrogen and oxygen atoms in total. The Morgan fingerprint density at radius 2 is 1.88 bits per heavy atom. The van der Waals surface area contributed by atoms with Crippen molar-refractivity contribution in [2.45, 2.75) is 52.7 Å². The summed E-state index contributed by atoms with van der Waals surface area (Å²) in [4.78, 5) is 20.0. The third-order valence-electron chi connectivity index (χ3n) is 5.03. The average molecular weight is 489 g/mol. The van der Waals surface area contributed by atoms with Gasteiger partial charge < -0.3 is 25.2 Å². The Morgan fingerprint density at radius 3 is 2.53 bits per heavy atom. The quantitative estimate of drug-likeness (QED) is 0.394. The topological polar surface area (TPSA) is 145 Å². The predicted octanol–water partition coefficient (Wildman–Crippen LogP) is 3.24. The van der Waals surface area contributed by atoms with E-state index >= 15 is 0 Å². The SMILES string of the molecule is Cc1cc(-c2nc(-c3cc(C)c(OC[C@@H](O)CC(O)C(N)=O)c(Cl)c3)no2)cc(CC(C)C)n1. The number of nitrogens with two attached hydrogens (primary N) is 1. The molecular formula is C24H29ClN4O5. The number of hydrogen-bond acceptors (Lipinski definition) is 8. The van der Waals surface area contributed by atoms with Gasteiger partial charge in [0, 0.05) is 28.9 Å². The molecule has 182 valence electrons. The van der Waals surface area contributed by atoms with Gasteiger partial charge in [-0.3, -0.25) is 9.78 Å². The van der Waals surface area contributed by atoms with Crippen LogP contribution in [0.5, 0.6) is 5.75 Å². The van der Waals surface area contributed by atoms with Crippen LogP contribution in [0.25, 0.3) is 22.8 Å². The summed E-state index contributed by atoms with van der Waals surface area (Å²) in [6, 6.07) is 7.30. The van der Waals surface area contributed by atoms with Crippen molar-refractivity contribution in [2.75, 3.05) is 6.61 Å². The first-order chi connectivity index (χ1) is 16.0. The summed E-state index contributed by atoms with van der Waals surface area (Å²) in [5.41, 5.74) is 8.98. The molecule has 1 amide bonds. The molecule has 0 bridgehead atoms. The number of aromatic nitrogens is 3. The lowest BCUT2D eigenvalue weighted by Gasteiger charge is -2.16. The number of aliphatic hydroxyl groups is 2. The molecule has 0 fully saturated rings. The summed E-state index contributed by atoms with van der Waals surface area (Å²) in [6.07, 6.45) is -1.93. The Balaban J connectivity index is 1.77. The maximum absolute atomic E-state index is 10.9. The molecule has 0 saturated carbocycles. The molecule has 0 aliphatic rings. The molecule has 0 spiro atoms. The van der Waals surface area contributed by atoms with Crippen molar-refractivity contribution in [3.63, 3.8) is 0 Å². The summed E-state index contributed by atoms with van der Waals surface area (Å²) in [6.45, 7) is 7.83. The van der Waals surface area contributed by atoms with Gasteiger partial charge in [-0.05, 0) is 56.0 Å². The second-order valence-electron chi connectivity index (χ2n) is 8.73. The number of amides is 1. The predicted molar refractivity (Wildman–Crippen MR) is 127 cm³/mol. The van der Waals surface area contributed by atoms with Crippen molar-refractivity contribution >= 4 is 17.5 Å². The standard InChI is InChI=1S/C24H29ClN4O5/c1-12(2)5-17-8-16(7-14(4)27-17)24-28-23(29-34-24)15-6-13(3)21(19(25)9-15)33-11-18(30)10-20(31)22(26)32/h6-9,12,18,20,30-31H,5,10-11H2,1-4H3,(H2,26,32)/t18-,20?/m0/s1. The van der Waals surface area contributed by atoms with Crippen LogP contribution in [0.1, 0.15) is 37.2 Å². The monoisotopic (exact) mass is 488 g/mol. The fourth-order valence-electron chi connectivity index (χ4n) is 3.51. The second-order valence-corrected chi connectivity index (χ2v) is 9.14. The Labute approximate surface area is 202 Å². The normalized spacial score (nSPS) is 13.2. The first-order valence-electron chi connectivity index (χ1n) is 10.9. The van der Waals surface area contributed by atoms with Gasteiger partial charge in [0.15, 0.2) is 0 Å². The minimum atomic E-state index is -1.45. The van der Waals surface area contributed by atoms with Crippen LogP contribution in [0.15, 0.2) is 28.8 Å². The maximum atomic E-state index is 10.9. The Bertz CT molecular complexity index is 1140. The van der Waals surface area contributed by atoms with Crippen molar-refractivity contribution in [3.05, 3.63) is 46.2 Å². The van der Waals surface area contributed by atoms with Gasteiger partial charge in [0.25, 0.3) is 5.89 Å². The first kappa shape index (κ1) is 25.6. The Morgan fingerprint density at radius 1 is 1.15 bits per heavy atom. The molecule has 3 rings (SSSR count). The number of primary amides is 1. The fourth-order valence-corrected chi connectivity index (χ4v) is 3.83. The highest BCUT2D eigenvalue weighted by molar-refractivity contribution is 6.32. The van der Waals surface area contributed by atoms with Crippen LogP contribution < -0.4 is 10.5 Å². The molecule has 0 radical (unpaired) electrons. The zero-order chi connectivity index (χ0) is 25.0. The number of hydrogen-bond donors (Lipinski definition) is 3. The zero-order valence-electron chi connectivity index (χ0n) is 19.6. The van der Waals surface area contributed by atoms with Crippen molar-refractivity contribution in [1.82, 2.24) is 15.1 Å². The van der Waals surface area contributed by atoms with E-state index in [0.29, 0.717) is 39.5 Å². The van der Waals surface area contributed by atoms with Crippen LogP contribution in [0.3, 0.4) is 0 Å². The lowest BCUT2D eigenvalue weighted by molar-refractivity contribution is -0.127. The average Bonchev–Trinajstić information content (AvgIpc) is 3.22. The van der Waals surface area contributed by atoms with Crippen molar-refractivity contribution in [2.24, 2.45) is 11.7 Å². The number of aryl methyl sites for hydroxylation is 2. The number of nitrogens with zero attached hydrogens (tertiary/aromatic N) is 3. The molecule has 2 aromatic heterocycles. The smallest absolute Gasteiger partial charge is 0.258 e. The van der Waals surface area contributed by atoms with Crippen molar-refractivity contribution in [1.29, 1.82) is 0 Å². The highest BCUT2D eigenvalue weighted by Crippen LogP contribution is 2.34. The van der Waals surface area contributed by atoms with E-state index in [1.807, 2.05) is 19.1 Å². The number of carbonyl (C=O) groups is 1. The third-order valence-corrected chi connectivity index (χ3v) is 5.31. The van der Waals surface area contributed by atoms with E-state index < -0.39 is 18.1 Å². The van der Waals surface area contributed by atoms with Crippen LogP contribution in [-0.2, 0) is 11.2 Å². The molecule has 3 aromatic rings. The van der Waals surface area contributed by atoms with Gasteiger partial charge in [0.05, 0.1) is 11.1 Å². The Hall–Kier alpha value is -3.01. The molecule has 1 unspecified atom stereocenters. The number of carbonyl (C=O) groups excluding carboxylic acids is 1. The van der Waals surface area contributed by atoms with Crippen LogP contribution in [-0.4, -0.2) is 50.1 Å². The van der Waals surface area contributed by atoms with E-state index in [2.05, 4.69) is 29.0 Å². The van der Waals surface area contributed by atoms with Gasteiger partial charge in [-0.25, -0.2) is 0 Å². The molecule has 0 aliphatic heterocycles. The molecule has 0 aliphatic carbocycles. The molecule has 2 heterocycles. The van der Waals surface area contributed by atoms with E-state index in [1.165, 1.54) is 0 Å². The van der Waals surface area contributed by atoms with E-state index in [9.17, 15) is 15.0 Å². The van der Waals surface area contributed by atoms with Gasteiger partial charge in [0.2, 0.25) is 11.7 Å². The van der Waals surface area contributed by atoms with E-state index in [0.717, 1.165) is 23.4 Å². The Kier molecular flexibility index (Phi) is 8.24. The molecule has 0 saturated heterocycles. The fraction of sp³-hybridized carbons (Fsp3) is 0.417. The number of aliphatic hydroxyl groups excluding tert-OH is 2. The summed E-state index contributed by atoms with van der Waals surface area (Å²) in [5, 5.41) is 23.8. The van der Waals surface area contributed by atoms with Gasteiger partial charge >= 0.3 is 0 Å². The minimum Gasteiger partial charge on any atom is -0.489 e.